The van der Waals surface area contributed by atoms with Gasteiger partial charge in [0.25, 0.3) is 0 Å². The Morgan fingerprint density at radius 2 is 1.66 bits per heavy atom. The van der Waals surface area contributed by atoms with Gasteiger partial charge in [-0.25, -0.2) is 4.39 Å². The summed E-state index contributed by atoms with van der Waals surface area (Å²) in [6, 6.07) is 6.04. The predicted octanol–water partition coefficient (Wildman–Crippen LogP) is 9.29. The smallest absolute Gasteiger partial charge is 0.418 e. The number of amides is 3. The number of carbonyl (C=O) groups is 3. The van der Waals surface area contributed by atoms with E-state index in [1.807, 2.05) is 58.9 Å². The molecular formula is C46H63F4N5O4. The number of alkyl halides is 3. The second-order valence-corrected chi connectivity index (χ2v) is 16.4. The monoisotopic (exact) mass is 825 g/mol. The molecule has 1 aromatic heterocycles. The number of halogens is 4. The van der Waals surface area contributed by atoms with Crippen LogP contribution in [0, 0.1) is 29.6 Å². The number of allylic oxidation sites excluding steroid dienone is 5. The summed E-state index contributed by atoms with van der Waals surface area (Å²) in [5.74, 6) is -1.91. The molecule has 0 radical (unpaired) electrons. The third-order valence-electron chi connectivity index (χ3n) is 12.1. The van der Waals surface area contributed by atoms with E-state index in [0.717, 1.165) is 17.7 Å². The molecule has 5 N–H and O–H groups in total. The SMILES string of the molecule is C=C(F)/C=C\CC(C)CCC(=O)N[C@H](C(=O)NCC1CCc2[nH]c3c(c2C[C@H]1C(=O)N[C@H](C(=C)Nc1ccc(OC)cc1)C(C)CC)CCC=C3C(F)(F)F)C(C)CC. The summed E-state index contributed by atoms with van der Waals surface area (Å²) in [5, 5.41) is 12.6. The number of methoxy groups -OCH3 is 1. The van der Waals surface area contributed by atoms with Gasteiger partial charge >= 0.3 is 6.18 Å². The van der Waals surface area contributed by atoms with Gasteiger partial charge in [-0.1, -0.05) is 72.8 Å². The van der Waals surface area contributed by atoms with Crippen molar-refractivity contribution < 1.29 is 36.7 Å². The molecule has 9 nitrogen and oxygen atoms in total. The van der Waals surface area contributed by atoms with Gasteiger partial charge in [-0.2, -0.15) is 13.2 Å². The van der Waals surface area contributed by atoms with E-state index < -0.39 is 35.6 Å². The number of rotatable bonds is 20. The normalized spacial score (nSPS) is 19.1. The van der Waals surface area contributed by atoms with Crippen LogP contribution >= 0.6 is 0 Å². The van der Waals surface area contributed by atoms with Crippen molar-refractivity contribution in [3.63, 3.8) is 0 Å². The number of nitrogens with one attached hydrogen (secondary N) is 5. The molecule has 0 aliphatic heterocycles. The van der Waals surface area contributed by atoms with E-state index in [2.05, 4.69) is 39.4 Å². The van der Waals surface area contributed by atoms with Crippen molar-refractivity contribution in [3.8, 4) is 5.75 Å². The van der Waals surface area contributed by atoms with E-state index in [4.69, 9.17) is 4.74 Å². The number of ether oxygens (including phenoxy) is 1. The zero-order valence-corrected chi connectivity index (χ0v) is 35.4. The van der Waals surface area contributed by atoms with Crippen LogP contribution in [0.25, 0.3) is 5.57 Å². The number of aromatic nitrogens is 1. The topological polar surface area (TPSA) is 124 Å². The Morgan fingerprint density at radius 1 is 0.983 bits per heavy atom. The summed E-state index contributed by atoms with van der Waals surface area (Å²) in [6.45, 7) is 17.5. The first kappa shape index (κ1) is 46.9. The van der Waals surface area contributed by atoms with Crippen molar-refractivity contribution in [1.29, 1.82) is 0 Å². The summed E-state index contributed by atoms with van der Waals surface area (Å²) in [4.78, 5) is 44.8. The molecule has 324 valence electrons. The molecule has 1 aromatic carbocycles. The molecule has 0 spiro atoms. The Labute approximate surface area is 347 Å². The molecule has 4 rings (SSSR count). The van der Waals surface area contributed by atoms with Gasteiger partial charge in [0.2, 0.25) is 17.7 Å². The molecular weight excluding hydrogens is 763 g/mol. The van der Waals surface area contributed by atoms with Crippen LogP contribution in [0.15, 0.2) is 67.2 Å². The molecule has 0 bridgehead atoms. The molecule has 0 saturated heterocycles. The lowest BCUT2D eigenvalue weighted by molar-refractivity contribution is -0.131. The molecule has 2 aliphatic rings. The van der Waals surface area contributed by atoms with Crippen molar-refractivity contribution in [2.45, 2.75) is 117 Å². The third-order valence-corrected chi connectivity index (χ3v) is 12.1. The average molecular weight is 826 g/mol. The van der Waals surface area contributed by atoms with Crippen LogP contribution in [0.3, 0.4) is 0 Å². The number of carbonyl (C=O) groups excluding carboxylic acids is 3. The van der Waals surface area contributed by atoms with Gasteiger partial charge in [0.1, 0.15) is 17.6 Å². The highest BCUT2D eigenvalue weighted by Gasteiger charge is 2.42. The molecule has 2 aromatic rings. The Bertz CT molecular complexity index is 1850. The maximum absolute atomic E-state index is 14.7. The Hall–Kier alpha value is -4.81. The molecule has 0 saturated carbocycles. The van der Waals surface area contributed by atoms with E-state index >= 15 is 0 Å². The number of hydrogen-bond acceptors (Lipinski definition) is 5. The zero-order chi connectivity index (χ0) is 43.4. The lowest BCUT2D eigenvalue weighted by Crippen LogP contribution is -2.52. The first-order chi connectivity index (χ1) is 28.0. The van der Waals surface area contributed by atoms with Crippen molar-refractivity contribution in [3.05, 3.63) is 89.7 Å². The zero-order valence-electron chi connectivity index (χ0n) is 35.4. The summed E-state index contributed by atoms with van der Waals surface area (Å²) < 4.78 is 60.7. The van der Waals surface area contributed by atoms with Crippen LogP contribution in [-0.4, -0.2) is 54.6 Å². The lowest BCUT2D eigenvalue weighted by Gasteiger charge is -2.32. The molecule has 0 fully saturated rings. The van der Waals surface area contributed by atoms with E-state index in [1.165, 1.54) is 12.2 Å². The fourth-order valence-electron chi connectivity index (χ4n) is 8.01. The van der Waals surface area contributed by atoms with E-state index in [0.29, 0.717) is 61.2 Å². The fourth-order valence-corrected chi connectivity index (χ4v) is 8.01. The average Bonchev–Trinajstić information content (AvgIpc) is 3.45. The van der Waals surface area contributed by atoms with Gasteiger partial charge in [-0.05, 0) is 110 Å². The van der Waals surface area contributed by atoms with Crippen LogP contribution in [0.1, 0.15) is 102 Å². The van der Waals surface area contributed by atoms with Gasteiger partial charge in [0, 0.05) is 36.0 Å². The van der Waals surface area contributed by atoms with Crippen LogP contribution in [0.4, 0.5) is 23.2 Å². The van der Waals surface area contributed by atoms with Crippen LogP contribution in [-0.2, 0) is 33.6 Å². The number of fused-ring (bicyclic) bond motifs is 3. The minimum absolute atomic E-state index is 0.0225. The highest BCUT2D eigenvalue weighted by Crippen LogP contribution is 2.43. The largest absolute Gasteiger partial charge is 0.497 e. The third kappa shape index (κ3) is 12.8. The van der Waals surface area contributed by atoms with E-state index in [-0.39, 0.29) is 72.9 Å². The maximum atomic E-state index is 14.7. The van der Waals surface area contributed by atoms with E-state index in [9.17, 15) is 31.9 Å². The quantitative estimate of drug-likeness (QED) is 0.0518. The predicted molar refractivity (Wildman–Crippen MR) is 226 cm³/mol. The summed E-state index contributed by atoms with van der Waals surface area (Å²) >= 11 is 0. The van der Waals surface area contributed by atoms with E-state index in [1.54, 1.807) is 13.2 Å². The second kappa shape index (κ2) is 21.4. The number of benzene rings is 1. The van der Waals surface area contributed by atoms with Crippen molar-refractivity contribution in [1.82, 2.24) is 20.9 Å². The summed E-state index contributed by atoms with van der Waals surface area (Å²) in [7, 11) is 1.59. The van der Waals surface area contributed by atoms with Gasteiger partial charge in [0.15, 0.2) is 0 Å². The van der Waals surface area contributed by atoms with Crippen molar-refractivity contribution >= 4 is 29.0 Å². The van der Waals surface area contributed by atoms with Crippen LogP contribution in [0.5, 0.6) is 5.75 Å². The molecule has 7 atom stereocenters. The number of aromatic amines is 1. The molecule has 1 heterocycles. The molecule has 2 aliphatic carbocycles. The van der Waals surface area contributed by atoms with Gasteiger partial charge in [0.05, 0.1) is 24.4 Å². The minimum atomic E-state index is -4.52. The fraction of sp³-hybridized carbons (Fsp3) is 0.543. The Morgan fingerprint density at radius 3 is 2.29 bits per heavy atom. The van der Waals surface area contributed by atoms with Gasteiger partial charge in [-0.15, -0.1) is 0 Å². The first-order valence-corrected chi connectivity index (χ1v) is 21.0. The lowest BCUT2D eigenvalue weighted by atomic mass is 9.83. The van der Waals surface area contributed by atoms with Crippen molar-refractivity contribution in [2.75, 3.05) is 19.0 Å². The van der Waals surface area contributed by atoms with Gasteiger partial charge in [-0.3, -0.25) is 14.4 Å². The van der Waals surface area contributed by atoms with Crippen molar-refractivity contribution in [2.24, 2.45) is 29.6 Å². The highest BCUT2D eigenvalue weighted by molar-refractivity contribution is 5.88. The second-order valence-electron chi connectivity index (χ2n) is 16.4. The molecule has 59 heavy (non-hydrogen) atoms. The summed E-state index contributed by atoms with van der Waals surface area (Å²) in [5.41, 5.74) is 2.77. The maximum Gasteiger partial charge on any atom is 0.418 e. The molecule has 13 heteroatoms. The minimum Gasteiger partial charge on any atom is -0.497 e. The number of anilines is 1. The van der Waals surface area contributed by atoms with Crippen LogP contribution < -0.4 is 26.0 Å². The number of hydrogen-bond donors (Lipinski definition) is 5. The molecule has 4 unspecified atom stereocenters. The van der Waals surface area contributed by atoms with Gasteiger partial charge < -0.3 is 31.0 Å². The standard InChI is InChI=1S/C46H63F4N5O4/c1-9-28(4)41(31(7)52-33-19-21-34(59-8)22-20-33)55-44(57)36-25-37-35-15-12-16-38(46(48,49)50)43(35)53-39(37)23-18-32(36)26-51-45(58)42(29(5)10-2)54-40(56)24-17-27(3)13-11-14-30(6)47/h11,14,16,19-22,27-29,32,36,41-42,52-53H,6-7,9-10,12-13,15,17-18,23-26H2,1-5,8H3,(H,51,58)(H,54,56)(H,55,57)/b14-11-/t27?,28?,29?,32?,36-,41+,42+/m1/s1. The first-order valence-electron chi connectivity index (χ1n) is 21.0. The highest BCUT2D eigenvalue weighted by atomic mass is 19.4. The Kier molecular flexibility index (Phi) is 17.0. The van der Waals surface area contributed by atoms with Crippen LogP contribution in [0.2, 0.25) is 0 Å². The number of aryl methyl sites for hydroxylation is 1. The number of H-pyrrole nitrogens is 1. The summed E-state index contributed by atoms with van der Waals surface area (Å²) in [6.07, 6.45) is 4.07. The molecule has 3 amide bonds. The Balaban J connectivity index is 1.57.